The van der Waals surface area contributed by atoms with Crippen molar-refractivity contribution in [2.24, 2.45) is 0 Å². The quantitative estimate of drug-likeness (QED) is 0.532. The van der Waals surface area contributed by atoms with Gasteiger partial charge in [0.1, 0.15) is 0 Å². The largest absolute Gasteiger partial charge is 0.331 e. The number of aromatic nitrogens is 1. The molecule has 0 atom stereocenters. The van der Waals surface area contributed by atoms with Gasteiger partial charge in [-0.2, -0.15) is 0 Å². The Morgan fingerprint density at radius 3 is 2.88 bits per heavy atom. The highest BCUT2D eigenvalue weighted by Crippen LogP contribution is 2.24. The van der Waals surface area contributed by atoms with Crippen LogP contribution in [0, 0.1) is 6.92 Å². The van der Waals surface area contributed by atoms with Gasteiger partial charge in [-0.3, -0.25) is 4.79 Å². The first-order chi connectivity index (χ1) is 12.0. The molecule has 2 aromatic carbocycles. The van der Waals surface area contributed by atoms with Gasteiger partial charge in [0.15, 0.2) is 5.13 Å². The van der Waals surface area contributed by atoms with Crippen LogP contribution in [0.3, 0.4) is 0 Å². The second kappa shape index (κ2) is 7.99. The molecule has 2 N–H and O–H groups in total. The summed E-state index contributed by atoms with van der Waals surface area (Å²) in [4.78, 5) is 16.7. The minimum Gasteiger partial charge on any atom is -0.331 e. The maximum Gasteiger partial charge on any atom is 0.230 e. The Morgan fingerprint density at radius 2 is 2.12 bits per heavy atom. The molecule has 4 nitrogen and oxygen atoms in total. The smallest absolute Gasteiger partial charge is 0.230 e. The molecule has 1 amide bonds. The molecule has 7 heteroatoms. The molecule has 0 spiro atoms. The van der Waals surface area contributed by atoms with Crippen molar-refractivity contribution in [2.45, 2.75) is 13.3 Å². The molecule has 0 saturated carbocycles. The average Bonchev–Trinajstić information content (AvgIpc) is 2.97. The van der Waals surface area contributed by atoms with E-state index < -0.39 is 0 Å². The lowest BCUT2D eigenvalue weighted by molar-refractivity contribution is -0.115. The number of hydrogen-bond donors (Lipinski definition) is 2. The Morgan fingerprint density at radius 1 is 1.28 bits per heavy atom. The first kappa shape index (κ1) is 17.9. The van der Waals surface area contributed by atoms with E-state index in [1.54, 1.807) is 0 Å². The van der Waals surface area contributed by atoms with Crippen LogP contribution in [0.25, 0.3) is 0 Å². The second-order valence-corrected chi connectivity index (χ2v) is 7.67. The molecule has 0 fully saturated rings. The molecule has 0 aliphatic rings. The first-order valence-electron chi connectivity index (χ1n) is 7.52. The van der Waals surface area contributed by atoms with E-state index in [1.807, 2.05) is 54.8 Å². The van der Waals surface area contributed by atoms with E-state index in [9.17, 15) is 4.79 Å². The molecular formula is C18H15BrClN3OS. The van der Waals surface area contributed by atoms with E-state index >= 15 is 0 Å². The van der Waals surface area contributed by atoms with Gasteiger partial charge in [0.25, 0.3) is 0 Å². The SMILES string of the molecule is Cc1cc(Br)ccc1NC(=O)Cc1csc(Nc2cccc(Cl)c2)n1. The fourth-order valence-electron chi connectivity index (χ4n) is 2.26. The highest BCUT2D eigenvalue weighted by Gasteiger charge is 2.10. The van der Waals surface area contributed by atoms with E-state index in [1.165, 1.54) is 11.3 Å². The first-order valence-corrected chi connectivity index (χ1v) is 9.57. The lowest BCUT2D eigenvalue weighted by atomic mass is 10.2. The van der Waals surface area contributed by atoms with Gasteiger partial charge in [0.05, 0.1) is 12.1 Å². The maximum atomic E-state index is 12.2. The van der Waals surface area contributed by atoms with E-state index in [-0.39, 0.29) is 12.3 Å². The van der Waals surface area contributed by atoms with E-state index in [2.05, 4.69) is 31.5 Å². The van der Waals surface area contributed by atoms with Gasteiger partial charge in [-0.05, 0) is 48.9 Å². The monoisotopic (exact) mass is 435 g/mol. The fourth-order valence-corrected chi connectivity index (χ4v) is 3.66. The summed E-state index contributed by atoms with van der Waals surface area (Å²) in [5.41, 5.74) is 3.40. The number of rotatable bonds is 5. The third-order valence-electron chi connectivity index (χ3n) is 3.43. The van der Waals surface area contributed by atoms with Crippen LogP contribution in [0.15, 0.2) is 52.3 Å². The normalized spacial score (nSPS) is 10.5. The summed E-state index contributed by atoms with van der Waals surface area (Å²) in [6.07, 6.45) is 0.225. The van der Waals surface area contributed by atoms with Crippen LogP contribution in [-0.4, -0.2) is 10.9 Å². The zero-order chi connectivity index (χ0) is 17.8. The number of thiazole rings is 1. The average molecular weight is 437 g/mol. The standard InChI is InChI=1S/C18H15BrClN3OS/c1-11-7-12(19)5-6-16(11)23-17(24)9-15-10-25-18(22-15)21-14-4-2-3-13(20)8-14/h2-8,10H,9H2,1H3,(H,21,22)(H,23,24). The van der Waals surface area contributed by atoms with Gasteiger partial charge in [-0.15, -0.1) is 11.3 Å². The Labute approximate surface area is 163 Å². The van der Waals surface area contributed by atoms with Gasteiger partial charge >= 0.3 is 0 Å². The van der Waals surface area contributed by atoms with Crippen LogP contribution in [0.5, 0.6) is 0 Å². The number of carbonyl (C=O) groups excluding carboxylic acids is 1. The Hall–Kier alpha value is -1.89. The predicted octanol–water partition coefficient (Wildman–Crippen LogP) is 5.79. The Balaban J connectivity index is 1.61. The number of hydrogen-bond acceptors (Lipinski definition) is 4. The van der Waals surface area contributed by atoms with Gasteiger partial charge in [0.2, 0.25) is 5.91 Å². The molecule has 0 aliphatic heterocycles. The molecule has 1 heterocycles. The molecule has 1 aromatic heterocycles. The van der Waals surface area contributed by atoms with Crippen molar-refractivity contribution >= 4 is 61.3 Å². The summed E-state index contributed by atoms with van der Waals surface area (Å²) in [5.74, 6) is -0.0926. The molecule has 25 heavy (non-hydrogen) atoms. The minimum absolute atomic E-state index is 0.0926. The lowest BCUT2D eigenvalue weighted by Crippen LogP contribution is -2.15. The summed E-state index contributed by atoms with van der Waals surface area (Å²) in [6.45, 7) is 1.95. The van der Waals surface area contributed by atoms with Crippen molar-refractivity contribution in [3.63, 3.8) is 0 Å². The summed E-state index contributed by atoms with van der Waals surface area (Å²) in [6, 6.07) is 13.2. The number of halogens is 2. The Kier molecular flexibility index (Phi) is 5.73. The number of nitrogens with zero attached hydrogens (tertiary/aromatic N) is 1. The van der Waals surface area contributed by atoms with Crippen molar-refractivity contribution in [1.82, 2.24) is 4.98 Å². The molecule has 0 radical (unpaired) electrons. The number of aryl methyl sites for hydroxylation is 1. The third-order valence-corrected chi connectivity index (χ3v) is 4.97. The van der Waals surface area contributed by atoms with Gasteiger partial charge in [-0.25, -0.2) is 4.98 Å². The van der Waals surface area contributed by atoms with Crippen LogP contribution < -0.4 is 10.6 Å². The van der Waals surface area contributed by atoms with Crippen LogP contribution >= 0.6 is 38.9 Å². The van der Waals surface area contributed by atoms with Gasteiger partial charge in [-0.1, -0.05) is 33.6 Å². The van der Waals surface area contributed by atoms with Crippen LogP contribution in [-0.2, 0) is 11.2 Å². The van der Waals surface area contributed by atoms with E-state index in [0.29, 0.717) is 5.02 Å². The number of anilines is 3. The zero-order valence-corrected chi connectivity index (χ0v) is 16.5. The van der Waals surface area contributed by atoms with Crippen molar-refractivity contribution in [3.05, 3.63) is 68.6 Å². The minimum atomic E-state index is -0.0926. The lowest BCUT2D eigenvalue weighted by Gasteiger charge is -2.08. The molecule has 0 unspecified atom stereocenters. The van der Waals surface area contributed by atoms with E-state index in [0.717, 1.165) is 32.2 Å². The Bertz CT molecular complexity index is 913. The van der Waals surface area contributed by atoms with Crippen molar-refractivity contribution < 1.29 is 4.79 Å². The topological polar surface area (TPSA) is 54.0 Å². The number of carbonyl (C=O) groups is 1. The highest BCUT2D eigenvalue weighted by atomic mass is 79.9. The van der Waals surface area contributed by atoms with Crippen LogP contribution in [0.4, 0.5) is 16.5 Å². The zero-order valence-electron chi connectivity index (χ0n) is 13.3. The molecule has 3 rings (SSSR count). The summed E-state index contributed by atoms with van der Waals surface area (Å²) >= 11 is 10.8. The predicted molar refractivity (Wildman–Crippen MR) is 108 cm³/mol. The second-order valence-electron chi connectivity index (χ2n) is 5.46. The summed E-state index contributed by atoms with van der Waals surface area (Å²) in [5, 5.41) is 9.37. The molecule has 0 saturated heterocycles. The van der Waals surface area contributed by atoms with Gasteiger partial charge in [0, 0.05) is 26.3 Å². The fraction of sp³-hybridized carbons (Fsp3) is 0.111. The summed E-state index contributed by atoms with van der Waals surface area (Å²) < 4.78 is 0.985. The summed E-state index contributed by atoms with van der Waals surface area (Å²) in [7, 11) is 0. The highest BCUT2D eigenvalue weighted by molar-refractivity contribution is 9.10. The number of amides is 1. The van der Waals surface area contributed by atoms with Crippen LogP contribution in [0.2, 0.25) is 5.02 Å². The van der Waals surface area contributed by atoms with Crippen molar-refractivity contribution in [1.29, 1.82) is 0 Å². The molecular weight excluding hydrogens is 422 g/mol. The third kappa shape index (κ3) is 5.04. The van der Waals surface area contributed by atoms with Crippen molar-refractivity contribution in [3.8, 4) is 0 Å². The number of nitrogens with one attached hydrogen (secondary N) is 2. The van der Waals surface area contributed by atoms with Gasteiger partial charge < -0.3 is 10.6 Å². The molecule has 0 aliphatic carbocycles. The molecule has 3 aromatic rings. The molecule has 128 valence electrons. The van der Waals surface area contributed by atoms with Crippen molar-refractivity contribution in [2.75, 3.05) is 10.6 Å². The van der Waals surface area contributed by atoms with E-state index in [4.69, 9.17) is 11.6 Å². The maximum absolute atomic E-state index is 12.2. The number of benzene rings is 2. The molecule has 0 bridgehead atoms. The van der Waals surface area contributed by atoms with Crippen LogP contribution in [0.1, 0.15) is 11.3 Å².